The first-order chi connectivity index (χ1) is 31.4. The number of likely N-dealkylation sites (tertiary alicyclic amines) is 1. The van der Waals surface area contributed by atoms with E-state index in [0.29, 0.717) is 40.9 Å². The number of hydrogen-bond acceptors (Lipinski definition) is 10. The number of ether oxygens (including phenoxy) is 3. The number of halogens is 1. The van der Waals surface area contributed by atoms with Gasteiger partial charge < -0.3 is 29.7 Å². The van der Waals surface area contributed by atoms with E-state index in [9.17, 15) is 32.0 Å². The highest BCUT2D eigenvalue weighted by Gasteiger charge is 2.63. The number of aromatic nitrogens is 1. The molecule has 0 spiro atoms. The summed E-state index contributed by atoms with van der Waals surface area (Å²) in [6.45, 7) is 8.93. The zero-order valence-corrected chi connectivity index (χ0v) is 37.9. The third kappa shape index (κ3) is 9.46. The Morgan fingerprint density at radius 2 is 1.61 bits per heavy atom. The van der Waals surface area contributed by atoms with E-state index in [1.54, 1.807) is 46.1 Å². The maximum absolute atomic E-state index is 14.9. The number of carbonyl (C=O) groups excluding carboxylic acids is 4. The van der Waals surface area contributed by atoms with E-state index >= 15 is 0 Å². The van der Waals surface area contributed by atoms with Gasteiger partial charge in [0.1, 0.15) is 46.8 Å². The number of benzene rings is 4. The molecule has 0 radical (unpaired) electrons. The lowest BCUT2D eigenvalue weighted by molar-refractivity contribution is -0.142. The van der Waals surface area contributed by atoms with Crippen molar-refractivity contribution < 1.29 is 46.2 Å². The predicted molar refractivity (Wildman–Crippen MR) is 245 cm³/mol. The molecule has 5 atom stereocenters. The summed E-state index contributed by atoms with van der Waals surface area (Å²) in [6, 6.07) is 28.1. The number of fused-ring (bicyclic) bond motifs is 1. The highest BCUT2D eigenvalue weighted by molar-refractivity contribution is 7.91. The van der Waals surface area contributed by atoms with Crippen LogP contribution in [0, 0.1) is 17.2 Å². The summed E-state index contributed by atoms with van der Waals surface area (Å²) in [7, 11) is -2.65. The Kier molecular flexibility index (Phi) is 12.4. The van der Waals surface area contributed by atoms with E-state index in [2.05, 4.69) is 21.9 Å². The topological polar surface area (TPSA) is 182 Å². The number of pyridine rings is 1. The van der Waals surface area contributed by atoms with Gasteiger partial charge in [-0.2, -0.15) is 0 Å². The Hall–Kier alpha value is -6.81. The molecule has 1 aliphatic heterocycles. The highest BCUT2D eigenvalue weighted by Crippen LogP contribution is 2.49. The van der Waals surface area contributed by atoms with Crippen LogP contribution in [-0.4, -0.2) is 84.2 Å². The lowest BCUT2D eigenvalue weighted by atomic mass is 9.85. The lowest BCUT2D eigenvalue weighted by Crippen LogP contribution is -2.60. The second kappa shape index (κ2) is 17.9. The molecule has 0 bridgehead atoms. The summed E-state index contributed by atoms with van der Waals surface area (Å²) in [5.74, 6) is -2.37. The number of methoxy groups -OCH3 is 1. The van der Waals surface area contributed by atoms with Gasteiger partial charge in [0.25, 0.3) is 5.91 Å². The third-order valence-electron chi connectivity index (χ3n) is 12.6. The summed E-state index contributed by atoms with van der Waals surface area (Å²) in [5.41, 5.74) is 0.199. The normalized spacial score (nSPS) is 21.2. The zero-order valence-electron chi connectivity index (χ0n) is 37.1. The Balaban J connectivity index is 1.10. The van der Waals surface area contributed by atoms with Crippen LogP contribution in [0.15, 0.2) is 122 Å². The van der Waals surface area contributed by atoms with Crippen LogP contribution in [0.4, 0.5) is 9.18 Å². The van der Waals surface area contributed by atoms with Gasteiger partial charge in [0, 0.05) is 35.4 Å². The Morgan fingerprint density at radius 1 is 0.939 bits per heavy atom. The molecule has 1 aromatic heterocycles. The summed E-state index contributed by atoms with van der Waals surface area (Å²) < 4.78 is 60.2. The van der Waals surface area contributed by atoms with E-state index in [-0.39, 0.29) is 31.6 Å². The van der Waals surface area contributed by atoms with E-state index in [0.717, 1.165) is 23.3 Å². The number of nitrogens with one attached hydrogen (secondary N) is 3. The maximum Gasteiger partial charge on any atom is 0.413 e. The first-order valence-corrected chi connectivity index (χ1v) is 23.2. The molecule has 2 heterocycles. The summed E-state index contributed by atoms with van der Waals surface area (Å²) in [6.07, 6.45) is 0.670. The number of hydrogen-bond donors (Lipinski definition) is 3. The fourth-order valence-electron chi connectivity index (χ4n) is 8.59. The molecule has 3 aliphatic rings. The smallest absolute Gasteiger partial charge is 0.413 e. The van der Waals surface area contributed by atoms with Crippen LogP contribution < -0.4 is 29.6 Å². The van der Waals surface area contributed by atoms with Crippen molar-refractivity contribution in [1.29, 1.82) is 0 Å². The van der Waals surface area contributed by atoms with Crippen LogP contribution in [0.1, 0.15) is 52.0 Å². The van der Waals surface area contributed by atoms with Gasteiger partial charge in [0.15, 0.2) is 0 Å². The summed E-state index contributed by atoms with van der Waals surface area (Å²) in [4.78, 5) is 63.4. The van der Waals surface area contributed by atoms with Crippen molar-refractivity contribution in [3.8, 4) is 28.5 Å². The predicted octanol–water partition coefficient (Wildman–Crippen LogP) is 6.88. The second-order valence-corrected chi connectivity index (χ2v) is 20.4. The minimum Gasteiger partial charge on any atom is -0.497 e. The molecule has 3 N–H and O–H groups in total. The molecule has 344 valence electrons. The standard InChI is InChI=1S/C50H52FN5O9S/c1-6-33-29-50(33,46(59)55-66(61,62)49(23-24-49)28-31-13-9-7-10-14-31)54-44(57)41-26-37(30-56(41)45(58)43(48(2,3)4)53-47(60)65-35-19-17-34(51)18-20-35)64-42-27-39(32-15-11-8-12-16-32)52-40-25-36(63-5)21-22-38(40)42/h6-22,25,27,33,37,41,43H,1,23-24,26,28-30H2,2-5H3,(H,53,60)(H,54,57)(H,55,59)/t33?,37-,41+,43-,50+/m1/s1. The molecule has 5 aromatic rings. The largest absolute Gasteiger partial charge is 0.497 e. The van der Waals surface area contributed by atoms with Crippen molar-refractivity contribution in [2.24, 2.45) is 11.3 Å². The van der Waals surface area contributed by atoms with Crippen LogP contribution in [0.3, 0.4) is 0 Å². The quantitative estimate of drug-likeness (QED) is 0.0937. The molecule has 2 saturated carbocycles. The number of carbonyl (C=O) groups is 4. The minimum absolute atomic E-state index is 0.0393. The monoisotopic (exact) mass is 917 g/mol. The van der Waals surface area contributed by atoms with Crippen LogP contribution in [0.25, 0.3) is 22.2 Å². The van der Waals surface area contributed by atoms with E-state index in [1.165, 1.54) is 23.1 Å². The van der Waals surface area contributed by atoms with Crippen molar-refractivity contribution in [2.75, 3.05) is 13.7 Å². The van der Waals surface area contributed by atoms with Gasteiger partial charge in [-0.1, -0.05) is 87.5 Å². The van der Waals surface area contributed by atoms with Crippen molar-refractivity contribution in [2.45, 2.75) is 81.3 Å². The summed E-state index contributed by atoms with van der Waals surface area (Å²) >= 11 is 0. The minimum atomic E-state index is -4.21. The van der Waals surface area contributed by atoms with Crippen LogP contribution in [0.2, 0.25) is 0 Å². The van der Waals surface area contributed by atoms with Crippen molar-refractivity contribution in [3.63, 3.8) is 0 Å². The van der Waals surface area contributed by atoms with E-state index in [4.69, 9.17) is 19.2 Å². The average molecular weight is 918 g/mol. The van der Waals surface area contributed by atoms with Crippen molar-refractivity contribution in [3.05, 3.63) is 133 Å². The van der Waals surface area contributed by atoms with Crippen molar-refractivity contribution >= 4 is 44.7 Å². The first kappa shape index (κ1) is 45.7. The first-order valence-electron chi connectivity index (χ1n) is 21.7. The molecule has 16 heteroatoms. The van der Waals surface area contributed by atoms with Gasteiger partial charge in [0.05, 0.1) is 29.6 Å². The Morgan fingerprint density at radius 3 is 2.23 bits per heavy atom. The number of nitrogens with zero attached hydrogens (tertiary/aromatic N) is 2. The molecule has 1 saturated heterocycles. The third-order valence-corrected chi connectivity index (χ3v) is 14.8. The van der Waals surface area contributed by atoms with Crippen LogP contribution in [-0.2, 0) is 30.8 Å². The molecule has 14 nitrogen and oxygen atoms in total. The van der Waals surface area contributed by atoms with Crippen LogP contribution >= 0.6 is 0 Å². The number of sulfonamides is 1. The van der Waals surface area contributed by atoms with Crippen LogP contribution in [0.5, 0.6) is 17.2 Å². The van der Waals surface area contributed by atoms with Gasteiger partial charge in [-0.25, -0.2) is 22.6 Å². The Bertz CT molecular complexity index is 2780. The average Bonchev–Trinajstić information content (AvgIpc) is 4.20. The summed E-state index contributed by atoms with van der Waals surface area (Å²) in [5, 5.41) is 6.15. The van der Waals surface area contributed by atoms with E-state index in [1.807, 2.05) is 66.7 Å². The molecule has 3 fully saturated rings. The lowest BCUT2D eigenvalue weighted by Gasteiger charge is -2.35. The Labute approximate surface area is 383 Å². The van der Waals surface area contributed by atoms with Crippen molar-refractivity contribution in [1.82, 2.24) is 25.2 Å². The van der Waals surface area contributed by atoms with Gasteiger partial charge in [-0.05, 0) is 73.1 Å². The van der Waals surface area contributed by atoms with Gasteiger partial charge in [0.2, 0.25) is 21.8 Å². The molecule has 4 aromatic carbocycles. The fourth-order valence-corrected chi connectivity index (χ4v) is 10.2. The van der Waals surface area contributed by atoms with Gasteiger partial charge >= 0.3 is 6.09 Å². The number of amides is 4. The molecule has 2 aliphatic carbocycles. The van der Waals surface area contributed by atoms with Gasteiger partial charge in [-0.15, -0.1) is 6.58 Å². The second-order valence-electron chi connectivity index (χ2n) is 18.3. The zero-order chi connectivity index (χ0) is 47.0. The van der Waals surface area contributed by atoms with Gasteiger partial charge in [-0.3, -0.25) is 19.1 Å². The number of rotatable bonds is 15. The molecule has 1 unspecified atom stereocenters. The SMILES string of the molecule is C=CC1C[C@@]1(NC(=O)[C@@H]1C[C@@H](Oc2cc(-c3ccccc3)nc3cc(OC)ccc23)CN1C(=O)[C@@H](NC(=O)Oc1ccc(F)cc1)C(C)(C)C)C(=O)NS(=O)(=O)C1(Cc2ccccc2)CC1. The molecule has 8 rings (SSSR count). The fraction of sp³-hybridized carbons (Fsp3) is 0.340. The molecular weight excluding hydrogens is 866 g/mol. The maximum atomic E-state index is 14.9. The molecular formula is C50H52FN5O9S. The molecule has 66 heavy (non-hydrogen) atoms. The highest BCUT2D eigenvalue weighted by atomic mass is 32.2. The van der Waals surface area contributed by atoms with E-state index < -0.39 is 79.5 Å². The molecule has 4 amide bonds.